The first-order chi connectivity index (χ1) is 12.3. The van der Waals surface area contributed by atoms with Gasteiger partial charge in [0.25, 0.3) is 0 Å². The van der Waals surface area contributed by atoms with Crippen LogP contribution >= 0.6 is 0 Å². The van der Waals surface area contributed by atoms with Crippen molar-refractivity contribution in [3.05, 3.63) is 59.7 Å². The Labute approximate surface area is 148 Å². The highest BCUT2D eigenvalue weighted by molar-refractivity contribution is 5.44. The second-order valence-corrected chi connectivity index (χ2v) is 6.22. The Morgan fingerprint density at radius 3 is 2.52 bits per heavy atom. The minimum absolute atomic E-state index is 0.0562. The molecule has 2 aromatic carbocycles. The largest absolute Gasteiger partial charge is 0.490 e. The van der Waals surface area contributed by atoms with Crippen LogP contribution in [0.1, 0.15) is 23.7 Å². The van der Waals surface area contributed by atoms with Gasteiger partial charge in [0.05, 0.1) is 25.9 Å². The molecular weight excluding hydrogens is 318 g/mol. The van der Waals surface area contributed by atoms with Crippen LogP contribution in [0.5, 0.6) is 11.5 Å². The van der Waals surface area contributed by atoms with Crippen molar-refractivity contribution in [3.63, 3.8) is 0 Å². The Bertz CT molecular complexity index is 662. The molecule has 1 aliphatic rings. The van der Waals surface area contributed by atoms with E-state index >= 15 is 0 Å². The molecule has 25 heavy (non-hydrogen) atoms. The van der Waals surface area contributed by atoms with Crippen LogP contribution in [0, 0.1) is 0 Å². The van der Waals surface area contributed by atoms with E-state index in [9.17, 15) is 10.2 Å². The average molecular weight is 343 g/mol. The monoisotopic (exact) mass is 343 g/mol. The van der Waals surface area contributed by atoms with Crippen molar-refractivity contribution in [3.8, 4) is 11.5 Å². The van der Waals surface area contributed by atoms with E-state index in [1.165, 1.54) is 0 Å². The molecular formula is C20H25NO4. The highest BCUT2D eigenvalue weighted by atomic mass is 16.5. The summed E-state index contributed by atoms with van der Waals surface area (Å²) in [7, 11) is 0. The van der Waals surface area contributed by atoms with E-state index in [1.807, 2.05) is 53.4 Å². The van der Waals surface area contributed by atoms with E-state index in [1.54, 1.807) is 0 Å². The van der Waals surface area contributed by atoms with E-state index in [4.69, 9.17) is 9.47 Å². The number of fused-ring (bicyclic) bond motifs is 1. The number of rotatable bonds is 7. The summed E-state index contributed by atoms with van der Waals surface area (Å²) < 4.78 is 11.3. The zero-order chi connectivity index (χ0) is 17.5. The molecule has 0 aliphatic carbocycles. The molecule has 0 saturated heterocycles. The van der Waals surface area contributed by atoms with E-state index in [-0.39, 0.29) is 6.61 Å². The summed E-state index contributed by atoms with van der Waals surface area (Å²) in [4.78, 5) is 2.04. The summed E-state index contributed by atoms with van der Waals surface area (Å²) in [5, 5.41) is 20.0. The molecule has 1 heterocycles. The lowest BCUT2D eigenvalue weighted by Crippen LogP contribution is -2.31. The lowest BCUT2D eigenvalue weighted by Gasteiger charge is -2.25. The minimum Gasteiger partial charge on any atom is -0.490 e. The lowest BCUT2D eigenvalue weighted by atomic mass is 10.1. The van der Waals surface area contributed by atoms with Crippen molar-refractivity contribution >= 4 is 0 Å². The zero-order valence-electron chi connectivity index (χ0n) is 14.3. The Kier molecular flexibility index (Phi) is 6.28. The molecule has 0 radical (unpaired) electrons. The highest BCUT2D eigenvalue weighted by Crippen LogP contribution is 2.32. The molecule has 5 nitrogen and oxygen atoms in total. The fourth-order valence-electron chi connectivity index (χ4n) is 2.96. The maximum atomic E-state index is 10.6. The maximum absolute atomic E-state index is 10.6. The van der Waals surface area contributed by atoms with Crippen LogP contribution < -0.4 is 9.47 Å². The number of ether oxygens (including phenoxy) is 2. The summed E-state index contributed by atoms with van der Waals surface area (Å²) in [5.74, 6) is 1.41. The van der Waals surface area contributed by atoms with Gasteiger partial charge >= 0.3 is 0 Å². The van der Waals surface area contributed by atoms with Crippen molar-refractivity contribution in [2.45, 2.75) is 19.1 Å². The normalized spacial score (nSPS) is 15.0. The quantitative estimate of drug-likeness (QED) is 0.808. The van der Waals surface area contributed by atoms with Gasteiger partial charge in [-0.15, -0.1) is 0 Å². The Morgan fingerprint density at radius 2 is 1.76 bits per heavy atom. The average Bonchev–Trinajstić information content (AvgIpc) is 2.87. The molecule has 0 saturated carbocycles. The molecule has 5 heteroatoms. The van der Waals surface area contributed by atoms with Crippen molar-refractivity contribution in [2.24, 2.45) is 0 Å². The SMILES string of the molecule is OCCN(Cc1ccccc1)C[C@@H](O)c1ccc2c(c1)OCCCO2. The van der Waals surface area contributed by atoms with E-state index < -0.39 is 6.10 Å². The Balaban J connectivity index is 1.68. The highest BCUT2D eigenvalue weighted by Gasteiger charge is 2.17. The number of nitrogens with zero attached hydrogens (tertiary/aromatic N) is 1. The molecule has 2 aromatic rings. The predicted molar refractivity (Wildman–Crippen MR) is 95.8 cm³/mol. The van der Waals surface area contributed by atoms with Crippen molar-refractivity contribution in [1.29, 1.82) is 0 Å². The molecule has 1 atom stereocenters. The first kappa shape index (κ1) is 17.7. The Hall–Kier alpha value is -2.08. The minimum atomic E-state index is -0.660. The number of aliphatic hydroxyl groups is 2. The molecule has 0 amide bonds. The van der Waals surface area contributed by atoms with E-state index in [0.29, 0.717) is 38.6 Å². The van der Waals surface area contributed by atoms with Gasteiger partial charge in [-0.05, 0) is 23.3 Å². The van der Waals surface area contributed by atoms with Crippen LogP contribution in [-0.2, 0) is 6.54 Å². The van der Waals surface area contributed by atoms with Gasteiger partial charge in [-0.1, -0.05) is 36.4 Å². The Morgan fingerprint density at radius 1 is 1.00 bits per heavy atom. The molecule has 0 bridgehead atoms. The molecule has 2 N–H and O–H groups in total. The van der Waals surface area contributed by atoms with E-state index in [0.717, 1.165) is 23.3 Å². The molecule has 3 rings (SSSR count). The second kappa shape index (κ2) is 8.85. The van der Waals surface area contributed by atoms with Gasteiger partial charge < -0.3 is 19.7 Å². The summed E-state index contributed by atoms with van der Waals surface area (Å²) in [5.41, 5.74) is 1.95. The van der Waals surface area contributed by atoms with Gasteiger partial charge in [-0.25, -0.2) is 0 Å². The maximum Gasteiger partial charge on any atom is 0.161 e. The number of aliphatic hydroxyl groups excluding tert-OH is 2. The van der Waals surface area contributed by atoms with Crippen molar-refractivity contribution in [1.82, 2.24) is 4.90 Å². The lowest BCUT2D eigenvalue weighted by molar-refractivity contribution is 0.0954. The predicted octanol–water partition coefficient (Wildman–Crippen LogP) is 2.38. The van der Waals surface area contributed by atoms with Crippen LogP contribution in [-0.4, -0.2) is 48.0 Å². The van der Waals surface area contributed by atoms with Crippen LogP contribution in [0.4, 0.5) is 0 Å². The first-order valence-electron chi connectivity index (χ1n) is 8.71. The zero-order valence-corrected chi connectivity index (χ0v) is 14.3. The molecule has 134 valence electrons. The summed E-state index contributed by atoms with van der Waals surface area (Å²) >= 11 is 0. The summed E-state index contributed by atoms with van der Waals surface area (Å²) in [6.45, 7) is 2.96. The summed E-state index contributed by atoms with van der Waals surface area (Å²) in [6, 6.07) is 15.6. The van der Waals surface area contributed by atoms with Crippen LogP contribution in [0.25, 0.3) is 0 Å². The fourth-order valence-corrected chi connectivity index (χ4v) is 2.96. The van der Waals surface area contributed by atoms with Crippen LogP contribution in [0.15, 0.2) is 48.5 Å². The third kappa shape index (κ3) is 4.95. The van der Waals surface area contributed by atoms with Gasteiger partial charge in [-0.2, -0.15) is 0 Å². The molecule has 0 spiro atoms. The van der Waals surface area contributed by atoms with Crippen LogP contribution in [0.2, 0.25) is 0 Å². The van der Waals surface area contributed by atoms with Gasteiger partial charge in [0.15, 0.2) is 11.5 Å². The molecule has 0 unspecified atom stereocenters. The molecule has 0 fully saturated rings. The van der Waals surface area contributed by atoms with E-state index in [2.05, 4.69) is 0 Å². The van der Waals surface area contributed by atoms with Crippen LogP contribution in [0.3, 0.4) is 0 Å². The standard InChI is InChI=1S/C20H25NO4/c22-10-9-21(14-16-5-2-1-3-6-16)15-18(23)17-7-8-19-20(13-17)25-12-4-11-24-19/h1-3,5-8,13,18,22-23H,4,9-12,14-15H2/t18-/m1/s1. The third-order valence-electron chi connectivity index (χ3n) is 4.25. The van der Waals surface area contributed by atoms with Gasteiger partial charge in [-0.3, -0.25) is 4.90 Å². The van der Waals surface area contributed by atoms with Crippen molar-refractivity contribution in [2.75, 3.05) is 32.9 Å². The number of hydrogen-bond acceptors (Lipinski definition) is 5. The number of benzene rings is 2. The third-order valence-corrected chi connectivity index (χ3v) is 4.25. The second-order valence-electron chi connectivity index (χ2n) is 6.22. The fraction of sp³-hybridized carbons (Fsp3) is 0.400. The first-order valence-corrected chi connectivity index (χ1v) is 8.71. The smallest absolute Gasteiger partial charge is 0.161 e. The molecule has 0 aromatic heterocycles. The van der Waals surface area contributed by atoms with Crippen molar-refractivity contribution < 1.29 is 19.7 Å². The van der Waals surface area contributed by atoms with Gasteiger partial charge in [0.2, 0.25) is 0 Å². The van der Waals surface area contributed by atoms with Gasteiger partial charge in [0, 0.05) is 26.1 Å². The number of hydrogen-bond donors (Lipinski definition) is 2. The summed E-state index contributed by atoms with van der Waals surface area (Å²) in [6.07, 6.45) is 0.195. The van der Waals surface area contributed by atoms with Gasteiger partial charge in [0.1, 0.15) is 0 Å². The topological polar surface area (TPSA) is 62.2 Å². The molecule has 1 aliphatic heterocycles.